The summed E-state index contributed by atoms with van der Waals surface area (Å²) in [5, 5.41) is 0. The van der Waals surface area contributed by atoms with E-state index in [1.165, 1.54) is 86.6 Å². The highest BCUT2D eigenvalue weighted by molar-refractivity contribution is 5.75. The smallest absolute Gasteiger partial charge is 0.144 e. The van der Waals surface area contributed by atoms with Crippen molar-refractivity contribution in [2.75, 3.05) is 0 Å². The van der Waals surface area contributed by atoms with Gasteiger partial charge in [0.05, 0.1) is 5.69 Å². The summed E-state index contributed by atoms with van der Waals surface area (Å²) in [6.45, 7) is 0. The molecule has 4 aromatic rings. The first-order valence-corrected chi connectivity index (χ1v) is 13.7. The summed E-state index contributed by atoms with van der Waals surface area (Å²) in [5.41, 5.74) is 8.48. The molecule has 0 radical (unpaired) electrons. The Morgan fingerprint density at radius 2 is 1.20 bits per heavy atom. The average molecular weight is 461 g/mol. The average Bonchev–Trinajstić information content (AvgIpc) is 3.44. The van der Waals surface area contributed by atoms with Crippen LogP contribution in [0.1, 0.15) is 87.2 Å². The van der Waals surface area contributed by atoms with Crippen LogP contribution in [-0.2, 0) is 0 Å². The first-order chi connectivity index (χ1) is 17.4. The van der Waals surface area contributed by atoms with E-state index in [4.69, 9.17) is 4.98 Å². The Hall–Kier alpha value is -3.13. The molecule has 3 aromatic carbocycles. The van der Waals surface area contributed by atoms with E-state index in [-0.39, 0.29) is 0 Å². The summed E-state index contributed by atoms with van der Waals surface area (Å²) in [6.07, 6.45) is 17.5. The predicted octanol–water partition coefficient (Wildman–Crippen LogP) is 9.30. The van der Waals surface area contributed by atoms with Crippen molar-refractivity contribution in [2.45, 2.75) is 76.0 Å². The van der Waals surface area contributed by atoms with Crippen molar-refractivity contribution in [3.8, 4) is 28.2 Å². The summed E-state index contributed by atoms with van der Waals surface area (Å²) in [4.78, 5) is 4.90. The van der Waals surface area contributed by atoms with Gasteiger partial charge in [-0.25, -0.2) is 4.98 Å². The van der Waals surface area contributed by atoms with E-state index in [1.54, 1.807) is 11.1 Å². The summed E-state index contributed by atoms with van der Waals surface area (Å²) in [7, 11) is 0. The summed E-state index contributed by atoms with van der Waals surface area (Å²) in [5.74, 6) is 2.30. The lowest BCUT2D eigenvalue weighted by Gasteiger charge is -2.32. The van der Waals surface area contributed by atoms with Crippen LogP contribution >= 0.6 is 0 Å². The molecule has 0 N–H and O–H groups in total. The summed E-state index contributed by atoms with van der Waals surface area (Å²) in [6, 6.07) is 26.7. The van der Waals surface area contributed by atoms with E-state index in [2.05, 4.69) is 83.6 Å². The van der Waals surface area contributed by atoms with Gasteiger partial charge in [0, 0.05) is 18.0 Å². The molecule has 2 aliphatic carbocycles. The van der Waals surface area contributed by atoms with Crippen molar-refractivity contribution in [1.82, 2.24) is 9.55 Å². The van der Waals surface area contributed by atoms with Crippen LogP contribution in [0.4, 0.5) is 0 Å². The molecule has 1 heterocycles. The fourth-order valence-electron chi connectivity index (χ4n) is 6.60. The highest BCUT2D eigenvalue weighted by Crippen LogP contribution is 2.46. The van der Waals surface area contributed by atoms with E-state index in [1.807, 2.05) is 6.20 Å². The highest BCUT2D eigenvalue weighted by atomic mass is 15.1. The molecular weight excluding hydrogens is 424 g/mol. The Morgan fingerprint density at radius 1 is 0.600 bits per heavy atom. The van der Waals surface area contributed by atoms with Crippen molar-refractivity contribution in [3.05, 3.63) is 96.3 Å². The molecule has 2 saturated carbocycles. The largest absolute Gasteiger partial charge is 0.299 e. The maximum absolute atomic E-state index is 4.90. The summed E-state index contributed by atoms with van der Waals surface area (Å²) < 4.78 is 2.44. The zero-order valence-electron chi connectivity index (χ0n) is 20.7. The van der Waals surface area contributed by atoms with Crippen LogP contribution in [0, 0.1) is 0 Å². The number of aromatic nitrogens is 2. The minimum Gasteiger partial charge on any atom is -0.299 e. The van der Waals surface area contributed by atoms with E-state index in [0.29, 0.717) is 11.8 Å². The van der Waals surface area contributed by atoms with Crippen LogP contribution in [0.25, 0.3) is 28.2 Å². The third-order valence-corrected chi connectivity index (χ3v) is 8.31. The van der Waals surface area contributed by atoms with Gasteiger partial charge in [-0.05, 0) is 59.8 Å². The second-order valence-corrected chi connectivity index (χ2v) is 10.5. The fourth-order valence-corrected chi connectivity index (χ4v) is 6.60. The molecule has 0 bridgehead atoms. The molecule has 2 nitrogen and oxygen atoms in total. The lowest BCUT2D eigenvalue weighted by molar-refractivity contribution is 0.434. The molecule has 1 aromatic heterocycles. The molecule has 0 atom stereocenters. The SMILES string of the molecule is c1ccc(-c2ccc(C3CCCCC3)c(-n3ccnc3-c3ccccc3)c2C2CCCCC2)cc1. The van der Waals surface area contributed by atoms with Crippen LogP contribution in [0.3, 0.4) is 0 Å². The molecule has 2 heteroatoms. The molecule has 6 rings (SSSR count). The first kappa shape index (κ1) is 22.3. The minimum atomic E-state index is 0.600. The molecule has 35 heavy (non-hydrogen) atoms. The Labute approximate surface area is 210 Å². The summed E-state index contributed by atoms with van der Waals surface area (Å²) >= 11 is 0. The molecule has 0 amide bonds. The van der Waals surface area contributed by atoms with Crippen LogP contribution in [0.5, 0.6) is 0 Å². The van der Waals surface area contributed by atoms with Crippen molar-refractivity contribution in [2.24, 2.45) is 0 Å². The van der Waals surface area contributed by atoms with Gasteiger partial charge in [-0.15, -0.1) is 0 Å². The highest BCUT2D eigenvalue weighted by Gasteiger charge is 2.29. The zero-order chi connectivity index (χ0) is 23.5. The number of imidazole rings is 1. The van der Waals surface area contributed by atoms with E-state index >= 15 is 0 Å². The first-order valence-electron chi connectivity index (χ1n) is 13.7. The number of nitrogens with zero attached hydrogens (tertiary/aromatic N) is 2. The predicted molar refractivity (Wildman–Crippen MR) is 146 cm³/mol. The third kappa shape index (κ3) is 4.47. The lowest BCUT2D eigenvalue weighted by atomic mass is 9.75. The van der Waals surface area contributed by atoms with Crippen LogP contribution in [-0.4, -0.2) is 9.55 Å². The van der Waals surface area contributed by atoms with Gasteiger partial charge in [0.25, 0.3) is 0 Å². The molecule has 2 aliphatic rings. The number of rotatable bonds is 5. The fraction of sp³-hybridized carbons (Fsp3) is 0.364. The molecule has 0 aliphatic heterocycles. The Kier molecular flexibility index (Phi) is 6.53. The van der Waals surface area contributed by atoms with Crippen molar-refractivity contribution in [1.29, 1.82) is 0 Å². The molecule has 0 saturated heterocycles. The van der Waals surface area contributed by atoms with Gasteiger partial charge >= 0.3 is 0 Å². The molecule has 178 valence electrons. The second kappa shape index (κ2) is 10.2. The van der Waals surface area contributed by atoms with Gasteiger partial charge in [0.2, 0.25) is 0 Å². The molecular formula is C33H36N2. The molecule has 2 fully saturated rings. The van der Waals surface area contributed by atoms with Gasteiger partial charge in [0.1, 0.15) is 5.82 Å². The van der Waals surface area contributed by atoms with Crippen LogP contribution in [0.15, 0.2) is 85.2 Å². The van der Waals surface area contributed by atoms with Crippen molar-refractivity contribution >= 4 is 0 Å². The molecule has 0 unspecified atom stereocenters. The van der Waals surface area contributed by atoms with Gasteiger partial charge in [-0.1, -0.05) is 111 Å². The van der Waals surface area contributed by atoms with E-state index < -0.39 is 0 Å². The van der Waals surface area contributed by atoms with Crippen LogP contribution in [0.2, 0.25) is 0 Å². The Bertz CT molecular complexity index is 1240. The van der Waals surface area contributed by atoms with Crippen molar-refractivity contribution < 1.29 is 0 Å². The van der Waals surface area contributed by atoms with E-state index in [9.17, 15) is 0 Å². The van der Waals surface area contributed by atoms with E-state index in [0.717, 1.165) is 5.82 Å². The normalized spacial score (nSPS) is 17.5. The topological polar surface area (TPSA) is 17.8 Å². The number of benzene rings is 3. The molecule has 0 spiro atoms. The Morgan fingerprint density at radius 3 is 1.86 bits per heavy atom. The van der Waals surface area contributed by atoms with Gasteiger partial charge < -0.3 is 0 Å². The number of hydrogen-bond acceptors (Lipinski definition) is 1. The van der Waals surface area contributed by atoms with Gasteiger partial charge in [-0.2, -0.15) is 0 Å². The standard InChI is InChI=1S/C33H36N2/c1-5-13-25(14-6-1)29-21-22-30(26-15-7-2-8-16-26)32(31(29)27-17-9-3-10-18-27)35-24-23-34-33(35)28-19-11-4-12-20-28/h1,4-6,11-14,19-24,26-27H,2-3,7-10,15-18H2. The van der Waals surface area contributed by atoms with Gasteiger partial charge in [-0.3, -0.25) is 4.57 Å². The third-order valence-electron chi connectivity index (χ3n) is 8.31. The zero-order valence-corrected chi connectivity index (χ0v) is 20.7. The lowest BCUT2D eigenvalue weighted by Crippen LogP contribution is -2.16. The minimum absolute atomic E-state index is 0.600. The van der Waals surface area contributed by atoms with Gasteiger partial charge in [0.15, 0.2) is 0 Å². The Balaban J connectivity index is 1.63. The monoisotopic (exact) mass is 460 g/mol. The van der Waals surface area contributed by atoms with Crippen LogP contribution < -0.4 is 0 Å². The second-order valence-electron chi connectivity index (χ2n) is 10.5. The van der Waals surface area contributed by atoms with Crippen molar-refractivity contribution in [3.63, 3.8) is 0 Å². The maximum Gasteiger partial charge on any atom is 0.144 e. The quantitative estimate of drug-likeness (QED) is 0.290. The maximum atomic E-state index is 4.90. The number of hydrogen-bond donors (Lipinski definition) is 0.